The number of hydrogen-bond donors (Lipinski definition) is 1. The molecule has 0 bridgehead atoms. The molecule has 2 amide bonds. The van der Waals surface area contributed by atoms with Crippen molar-refractivity contribution in [1.29, 1.82) is 0 Å². The number of piperidine rings is 1. The maximum atomic E-state index is 14.8. The average Bonchev–Trinajstić information content (AvgIpc) is 2.90. The van der Waals surface area contributed by atoms with Crippen molar-refractivity contribution in [1.82, 2.24) is 10.2 Å². The molecule has 0 aliphatic carbocycles. The van der Waals surface area contributed by atoms with Gasteiger partial charge in [-0.2, -0.15) is 13.2 Å². The smallest absolute Gasteiger partial charge is 0.431 e. The number of methoxy groups -OCH3 is 1. The van der Waals surface area contributed by atoms with Crippen LogP contribution in [0.25, 0.3) is 10.8 Å². The number of halogens is 4. The van der Waals surface area contributed by atoms with Crippen molar-refractivity contribution in [2.24, 2.45) is 0 Å². The van der Waals surface area contributed by atoms with E-state index >= 15 is 0 Å². The lowest BCUT2D eigenvalue weighted by Crippen LogP contribution is -2.62. The summed E-state index contributed by atoms with van der Waals surface area (Å²) in [6.45, 7) is 0.0461. The van der Waals surface area contributed by atoms with Crippen molar-refractivity contribution in [3.8, 4) is 0 Å². The van der Waals surface area contributed by atoms with Crippen LogP contribution in [0.15, 0.2) is 66.7 Å². The molecule has 200 valence electrons. The normalized spacial score (nSPS) is 21.0. The van der Waals surface area contributed by atoms with Crippen LogP contribution in [0.2, 0.25) is 0 Å². The first-order chi connectivity index (χ1) is 18.1. The summed E-state index contributed by atoms with van der Waals surface area (Å²) in [6.07, 6.45) is -5.47. The quantitative estimate of drug-likeness (QED) is 0.467. The molecule has 2 aliphatic heterocycles. The summed E-state index contributed by atoms with van der Waals surface area (Å²) in [5, 5.41) is 3.45. The van der Waals surface area contributed by atoms with Crippen LogP contribution in [0, 0.1) is 5.82 Å². The molecule has 0 unspecified atom stereocenters. The minimum absolute atomic E-state index is 0.0875. The van der Waals surface area contributed by atoms with Crippen LogP contribution in [0.4, 0.5) is 22.4 Å². The Bertz CT molecular complexity index is 1350. The van der Waals surface area contributed by atoms with E-state index in [1.54, 1.807) is 36.4 Å². The third kappa shape index (κ3) is 4.16. The number of carbonyl (C=O) groups excluding carboxylic acids is 2. The molecule has 6 nitrogen and oxygen atoms in total. The number of ether oxygens (including phenoxy) is 2. The van der Waals surface area contributed by atoms with E-state index in [9.17, 15) is 27.2 Å². The molecule has 1 spiro atoms. The SMILES string of the molecule is CO[C@@](C(=O)N1CCC2(CC1)OC(=O)NC[C@@H]2c1ccc(F)cc1)(c1cccc2ccccc12)C(F)(F)F. The lowest BCUT2D eigenvalue weighted by molar-refractivity contribution is -0.270. The molecule has 0 saturated carbocycles. The van der Waals surface area contributed by atoms with E-state index in [4.69, 9.17) is 9.47 Å². The molecule has 3 aromatic carbocycles. The van der Waals surface area contributed by atoms with E-state index in [1.807, 2.05) is 0 Å². The van der Waals surface area contributed by atoms with Gasteiger partial charge in [-0.1, -0.05) is 54.6 Å². The van der Waals surface area contributed by atoms with Crippen molar-refractivity contribution < 1.29 is 36.6 Å². The number of hydrogen-bond acceptors (Lipinski definition) is 4. The van der Waals surface area contributed by atoms with Gasteiger partial charge in [-0.25, -0.2) is 9.18 Å². The number of amides is 2. The lowest BCUT2D eigenvalue weighted by Gasteiger charge is -2.49. The Balaban J connectivity index is 1.48. The number of rotatable bonds is 4. The zero-order valence-electron chi connectivity index (χ0n) is 20.6. The van der Waals surface area contributed by atoms with E-state index < -0.39 is 35.2 Å². The minimum Gasteiger partial charge on any atom is -0.442 e. The summed E-state index contributed by atoms with van der Waals surface area (Å²) >= 11 is 0. The van der Waals surface area contributed by atoms with Gasteiger partial charge >= 0.3 is 12.3 Å². The first-order valence-electron chi connectivity index (χ1n) is 12.2. The van der Waals surface area contributed by atoms with Gasteiger partial charge in [-0.15, -0.1) is 0 Å². The number of nitrogens with one attached hydrogen (secondary N) is 1. The average molecular weight is 531 g/mol. The van der Waals surface area contributed by atoms with Crippen molar-refractivity contribution in [3.05, 3.63) is 83.7 Å². The first-order valence-corrected chi connectivity index (χ1v) is 12.2. The Morgan fingerprint density at radius 3 is 2.34 bits per heavy atom. The maximum Gasteiger partial charge on any atom is 0.431 e. The predicted molar refractivity (Wildman–Crippen MR) is 131 cm³/mol. The number of nitrogens with zero attached hydrogens (tertiary/aromatic N) is 1. The van der Waals surface area contributed by atoms with Crippen LogP contribution in [0.3, 0.4) is 0 Å². The van der Waals surface area contributed by atoms with Crippen LogP contribution in [-0.4, -0.2) is 55.4 Å². The van der Waals surface area contributed by atoms with Crippen LogP contribution in [-0.2, 0) is 19.9 Å². The van der Waals surface area contributed by atoms with Gasteiger partial charge in [0, 0.05) is 51.1 Å². The van der Waals surface area contributed by atoms with E-state index in [0.29, 0.717) is 5.39 Å². The van der Waals surface area contributed by atoms with Gasteiger partial charge in [0.15, 0.2) is 0 Å². The second-order valence-electron chi connectivity index (χ2n) is 9.64. The fourth-order valence-electron chi connectivity index (χ4n) is 5.78. The zero-order valence-corrected chi connectivity index (χ0v) is 20.6. The summed E-state index contributed by atoms with van der Waals surface area (Å²) in [7, 11) is 0.887. The number of alkyl carbamates (subject to hydrolysis) is 1. The Labute approximate surface area is 216 Å². The Morgan fingerprint density at radius 2 is 1.68 bits per heavy atom. The summed E-state index contributed by atoms with van der Waals surface area (Å²) in [5.74, 6) is -2.01. The van der Waals surface area contributed by atoms with Crippen molar-refractivity contribution in [2.45, 2.75) is 36.1 Å². The molecule has 1 N–H and O–H groups in total. The summed E-state index contributed by atoms with van der Waals surface area (Å²) in [4.78, 5) is 27.1. The fraction of sp³-hybridized carbons (Fsp3) is 0.357. The highest BCUT2D eigenvalue weighted by Crippen LogP contribution is 2.48. The first kappa shape index (κ1) is 26.0. The molecule has 10 heteroatoms. The highest BCUT2D eigenvalue weighted by Gasteiger charge is 2.65. The van der Waals surface area contributed by atoms with Crippen LogP contribution < -0.4 is 5.32 Å². The molecule has 2 aliphatic rings. The van der Waals surface area contributed by atoms with E-state index in [1.165, 1.54) is 30.3 Å². The van der Waals surface area contributed by atoms with Gasteiger partial charge in [0.05, 0.1) is 0 Å². The van der Waals surface area contributed by atoms with E-state index in [2.05, 4.69) is 5.32 Å². The number of likely N-dealkylation sites (tertiary alicyclic amines) is 1. The summed E-state index contributed by atoms with van der Waals surface area (Å²) in [6, 6.07) is 16.7. The molecule has 2 atom stereocenters. The predicted octanol–water partition coefficient (Wildman–Crippen LogP) is 5.27. The fourth-order valence-corrected chi connectivity index (χ4v) is 5.78. The molecular weight excluding hydrogens is 504 g/mol. The molecule has 0 aromatic heterocycles. The van der Waals surface area contributed by atoms with Gasteiger partial charge < -0.3 is 19.7 Å². The zero-order chi connectivity index (χ0) is 27.1. The largest absolute Gasteiger partial charge is 0.442 e. The van der Waals surface area contributed by atoms with Gasteiger partial charge in [0.1, 0.15) is 11.4 Å². The molecular formula is C28H26F4N2O4. The second kappa shape index (κ2) is 9.58. The number of carbonyl (C=O) groups is 2. The Kier molecular flexibility index (Phi) is 6.54. The Morgan fingerprint density at radius 1 is 1.03 bits per heavy atom. The molecule has 2 heterocycles. The third-order valence-corrected chi connectivity index (χ3v) is 7.73. The van der Waals surface area contributed by atoms with Crippen molar-refractivity contribution in [2.75, 3.05) is 26.7 Å². The standard InChI is InChI=1S/C28H26F4N2O4/c1-37-27(28(30,31)32,22-8-4-6-18-5-2-3-7-21(18)22)24(35)34-15-13-26(14-16-34)23(17-33-25(36)38-26)19-9-11-20(29)12-10-19/h2-12,23H,13-17H2,1H3,(H,33,36)/t23-,27-/m1/s1. The lowest BCUT2D eigenvalue weighted by atomic mass is 9.74. The van der Waals surface area contributed by atoms with E-state index in [-0.39, 0.29) is 49.3 Å². The molecule has 5 rings (SSSR count). The minimum atomic E-state index is -5.06. The maximum absolute atomic E-state index is 14.8. The molecule has 0 radical (unpaired) electrons. The van der Waals surface area contributed by atoms with Crippen LogP contribution in [0.5, 0.6) is 0 Å². The summed E-state index contributed by atoms with van der Waals surface area (Å²) < 4.78 is 68.9. The number of alkyl halides is 3. The van der Waals surface area contributed by atoms with E-state index in [0.717, 1.165) is 17.6 Å². The number of fused-ring (bicyclic) bond motifs is 1. The number of benzene rings is 3. The van der Waals surface area contributed by atoms with Gasteiger partial charge in [-0.3, -0.25) is 4.79 Å². The monoisotopic (exact) mass is 530 g/mol. The highest BCUT2D eigenvalue weighted by molar-refractivity contribution is 5.95. The van der Waals surface area contributed by atoms with Crippen molar-refractivity contribution in [3.63, 3.8) is 0 Å². The second-order valence-corrected chi connectivity index (χ2v) is 9.64. The topological polar surface area (TPSA) is 67.9 Å². The van der Waals surface area contributed by atoms with Crippen LogP contribution in [0.1, 0.15) is 29.9 Å². The van der Waals surface area contributed by atoms with Crippen LogP contribution >= 0.6 is 0 Å². The van der Waals surface area contributed by atoms with Gasteiger partial charge in [-0.05, 0) is 28.5 Å². The summed E-state index contributed by atoms with van der Waals surface area (Å²) in [5.41, 5.74) is -3.83. The molecule has 2 saturated heterocycles. The molecule has 2 fully saturated rings. The van der Waals surface area contributed by atoms with Crippen molar-refractivity contribution >= 4 is 22.8 Å². The Hall–Kier alpha value is -3.66. The molecule has 38 heavy (non-hydrogen) atoms. The van der Waals surface area contributed by atoms with Gasteiger partial charge in [0.2, 0.25) is 0 Å². The molecule has 3 aromatic rings. The van der Waals surface area contributed by atoms with Gasteiger partial charge in [0.25, 0.3) is 11.5 Å². The highest BCUT2D eigenvalue weighted by atomic mass is 19.4. The third-order valence-electron chi connectivity index (χ3n) is 7.73.